The van der Waals surface area contributed by atoms with Crippen LogP contribution in [-0.2, 0) is 4.79 Å². The van der Waals surface area contributed by atoms with Gasteiger partial charge in [-0.3, -0.25) is 4.79 Å². The van der Waals surface area contributed by atoms with Crippen molar-refractivity contribution < 1.29 is 4.79 Å². The predicted molar refractivity (Wildman–Crippen MR) is 80.1 cm³/mol. The third-order valence-corrected chi connectivity index (χ3v) is 3.32. The molecule has 1 unspecified atom stereocenters. The molecular weight excluding hydrogens is 268 g/mol. The summed E-state index contributed by atoms with van der Waals surface area (Å²) in [5.74, 6) is 0.408. The van der Waals surface area contributed by atoms with Crippen LogP contribution in [0.1, 0.15) is 20.8 Å². The van der Waals surface area contributed by atoms with Gasteiger partial charge in [0.15, 0.2) is 0 Å². The summed E-state index contributed by atoms with van der Waals surface area (Å²) in [5.41, 5.74) is 1.74. The Hall–Kier alpha value is -2.44. The van der Waals surface area contributed by atoms with Crippen LogP contribution in [0.4, 0.5) is 5.69 Å². The van der Waals surface area contributed by atoms with E-state index in [2.05, 4.69) is 40.0 Å². The lowest BCUT2D eigenvalue weighted by atomic mass is 10.1. The Labute approximate surface area is 123 Å². The van der Waals surface area contributed by atoms with Gasteiger partial charge in [-0.15, -0.1) is 5.10 Å². The molecule has 1 aromatic carbocycles. The van der Waals surface area contributed by atoms with E-state index in [0.29, 0.717) is 5.92 Å². The molecule has 1 heterocycles. The zero-order chi connectivity index (χ0) is 15.2. The quantitative estimate of drug-likeness (QED) is 0.835. The molecule has 1 amide bonds. The molecule has 0 fully saturated rings. The number of hydrogen-bond acceptors (Lipinski definition) is 5. The standard InChI is InChI=1S/C14H20N6O/c1-10(2)11(3)17-14(21)8-15-12-4-6-13(7-5-12)20-9-16-18-19-20/h4-7,9-11,15H,8H2,1-3H3,(H,17,21). The number of carbonyl (C=O) groups is 1. The van der Waals surface area contributed by atoms with Gasteiger partial charge in [0.05, 0.1) is 12.2 Å². The van der Waals surface area contributed by atoms with Gasteiger partial charge in [0.25, 0.3) is 0 Å². The van der Waals surface area contributed by atoms with E-state index in [0.717, 1.165) is 11.4 Å². The summed E-state index contributed by atoms with van der Waals surface area (Å²) >= 11 is 0. The topological polar surface area (TPSA) is 84.7 Å². The summed E-state index contributed by atoms with van der Waals surface area (Å²) in [6, 6.07) is 7.70. The molecule has 1 aromatic heterocycles. The maximum atomic E-state index is 11.8. The van der Waals surface area contributed by atoms with Crippen LogP contribution in [0.15, 0.2) is 30.6 Å². The van der Waals surface area contributed by atoms with E-state index in [1.54, 1.807) is 4.68 Å². The van der Waals surface area contributed by atoms with Gasteiger partial charge in [-0.1, -0.05) is 13.8 Å². The number of aromatic nitrogens is 4. The van der Waals surface area contributed by atoms with Gasteiger partial charge in [-0.2, -0.15) is 0 Å². The highest BCUT2D eigenvalue weighted by molar-refractivity contribution is 5.81. The fourth-order valence-corrected chi connectivity index (χ4v) is 1.67. The van der Waals surface area contributed by atoms with Crippen LogP contribution in [0, 0.1) is 5.92 Å². The maximum Gasteiger partial charge on any atom is 0.239 e. The normalized spacial score (nSPS) is 12.2. The Balaban J connectivity index is 1.85. The van der Waals surface area contributed by atoms with Gasteiger partial charge < -0.3 is 10.6 Å². The van der Waals surface area contributed by atoms with E-state index in [1.807, 2.05) is 31.2 Å². The van der Waals surface area contributed by atoms with Crippen LogP contribution < -0.4 is 10.6 Å². The van der Waals surface area contributed by atoms with Crippen molar-refractivity contribution in [1.29, 1.82) is 0 Å². The summed E-state index contributed by atoms with van der Waals surface area (Å²) in [7, 11) is 0. The smallest absolute Gasteiger partial charge is 0.239 e. The number of nitrogens with one attached hydrogen (secondary N) is 2. The van der Waals surface area contributed by atoms with Crippen molar-refractivity contribution in [2.75, 3.05) is 11.9 Å². The van der Waals surface area contributed by atoms with Crippen LogP contribution in [0.5, 0.6) is 0 Å². The number of hydrogen-bond donors (Lipinski definition) is 2. The van der Waals surface area contributed by atoms with Crippen LogP contribution in [-0.4, -0.2) is 38.7 Å². The maximum absolute atomic E-state index is 11.8. The first kappa shape index (κ1) is 15.0. The third kappa shape index (κ3) is 4.27. The van der Waals surface area contributed by atoms with Gasteiger partial charge in [0.1, 0.15) is 6.33 Å². The first-order valence-corrected chi connectivity index (χ1v) is 6.93. The first-order chi connectivity index (χ1) is 10.1. The molecule has 0 saturated heterocycles. The molecular formula is C14H20N6O. The molecule has 112 valence electrons. The fourth-order valence-electron chi connectivity index (χ4n) is 1.67. The fraction of sp³-hybridized carbons (Fsp3) is 0.429. The molecule has 2 aromatic rings. The molecule has 0 aliphatic heterocycles. The number of tetrazole rings is 1. The Kier molecular flexibility index (Phi) is 4.86. The minimum Gasteiger partial charge on any atom is -0.376 e. The number of anilines is 1. The molecule has 7 heteroatoms. The molecule has 2 N–H and O–H groups in total. The van der Waals surface area contributed by atoms with E-state index < -0.39 is 0 Å². The lowest BCUT2D eigenvalue weighted by Gasteiger charge is -2.17. The van der Waals surface area contributed by atoms with Gasteiger partial charge in [-0.25, -0.2) is 4.68 Å². The molecule has 0 saturated carbocycles. The zero-order valence-corrected chi connectivity index (χ0v) is 12.4. The Morgan fingerprint density at radius 2 is 1.95 bits per heavy atom. The third-order valence-electron chi connectivity index (χ3n) is 3.32. The minimum atomic E-state index is -0.0132. The van der Waals surface area contributed by atoms with E-state index >= 15 is 0 Å². The molecule has 2 rings (SSSR count). The molecule has 7 nitrogen and oxygen atoms in total. The zero-order valence-electron chi connectivity index (χ0n) is 12.4. The Bertz CT molecular complexity index is 564. The predicted octanol–water partition coefficient (Wildman–Crippen LogP) is 1.23. The van der Waals surface area contributed by atoms with Crippen molar-refractivity contribution in [2.24, 2.45) is 5.92 Å². The molecule has 1 atom stereocenters. The number of carbonyl (C=O) groups excluding carboxylic acids is 1. The Morgan fingerprint density at radius 3 is 2.52 bits per heavy atom. The van der Waals surface area contributed by atoms with Crippen molar-refractivity contribution in [3.8, 4) is 5.69 Å². The minimum absolute atomic E-state index is 0.0132. The van der Waals surface area contributed by atoms with Crippen LogP contribution in [0.25, 0.3) is 5.69 Å². The second kappa shape index (κ2) is 6.83. The van der Waals surface area contributed by atoms with Crippen LogP contribution >= 0.6 is 0 Å². The van der Waals surface area contributed by atoms with Gasteiger partial charge >= 0.3 is 0 Å². The molecule has 0 spiro atoms. The second-order valence-corrected chi connectivity index (χ2v) is 5.26. The van der Waals surface area contributed by atoms with Crippen molar-refractivity contribution in [2.45, 2.75) is 26.8 Å². The summed E-state index contributed by atoms with van der Waals surface area (Å²) in [4.78, 5) is 11.8. The van der Waals surface area contributed by atoms with Crippen molar-refractivity contribution in [3.05, 3.63) is 30.6 Å². The molecule has 21 heavy (non-hydrogen) atoms. The summed E-state index contributed by atoms with van der Waals surface area (Å²) in [6.07, 6.45) is 1.53. The second-order valence-electron chi connectivity index (χ2n) is 5.26. The molecule has 0 aliphatic rings. The highest BCUT2D eigenvalue weighted by atomic mass is 16.1. The highest BCUT2D eigenvalue weighted by Crippen LogP contribution is 2.11. The van der Waals surface area contributed by atoms with E-state index in [4.69, 9.17) is 0 Å². The lowest BCUT2D eigenvalue weighted by Crippen LogP contribution is -2.39. The summed E-state index contributed by atoms with van der Waals surface area (Å²) in [5, 5.41) is 17.0. The highest BCUT2D eigenvalue weighted by Gasteiger charge is 2.10. The van der Waals surface area contributed by atoms with Gasteiger partial charge in [-0.05, 0) is 47.5 Å². The molecule has 0 aliphatic carbocycles. The number of rotatable bonds is 6. The summed E-state index contributed by atoms with van der Waals surface area (Å²) in [6.45, 7) is 6.41. The SMILES string of the molecule is CC(C)C(C)NC(=O)CNc1ccc(-n2cnnn2)cc1. The van der Waals surface area contributed by atoms with Crippen molar-refractivity contribution in [1.82, 2.24) is 25.5 Å². The summed E-state index contributed by atoms with van der Waals surface area (Å²) < 4.78 is 1.57. The van der Waals surface area contributed by atoms with Crippen LogP contribution in [0.2, 0.25) is 0 Å². The molecule has 0 bridgehead atoms. The monoisotopic (exact) mass is 288 g/mol. The number of amides is 1. The van der Waals surface area contributed by atoms with E-state index in [9.17, 15) is 4.79 Å². The van der Waals surface area contributed by atoms with E-state index in [-0.39, 0.29) is 18.5 Å². The number of nitrogens with zero attached hydrogens (tertiary/aromatic N) is 4. The van der Waals surface area contributed by atoms with Gasteiger partial charge in [0, 0.05) is 11.7 Å². The van der Waals surface area contributed by atoms with Crippen molar-refractivity contribution in [3.63, 3.8) is 0 Å². The molecule has 0 radical (unpaired) electrons. The average Bonchev–Trinajstić information content (AvgIpc) is 2.99. The first-order valence-electron chi connectivity index (χ1n) is 6.93. The largest absolute Gasteiger partial charge is 0.376 e. The van der Waals surface area contributed by atoms with Gasteiger partial charge in [0.2, 0.25) is 5.91 Å². The number of benzene rings is 1. The average molecular weight is 288 g/mol. The van der Waals surface area contributed by atoms with Crippen LogP contribution in [0.3, 0.4) is 0 Å². The Morgan fingerprint density at radius 1 is 1.24 bits per heavy atom. The lowest BCUT2D eigenvalue weighted by molar-refractivity contribution is -0.120. The van der Waals surface area contributed by atoms with E-state index in [1.165, 1.54) is 6.33 Å². The van der Waals surface area contributed by atoms with Crippen molar-refractivity contribution >= 4 is 11.6 Å².